The number of nitrogens with two attached hydrogens (primary N) is 1. The molecule has 0 unspecified atom stereocenters. The zero-order valence-corrected chi connectivity index (χ0v) is 11.2. The van der Waals surface area contributed by atoms with Crippen LogP contribution in [-0.4, -0.2) is 31.9 Å². The fourth-order valence-electron chi connectivity index (χ4n) is 1.66. The SMILES string of the molecule is CC(C)N(CCN)S(=O)(=O)c1ccccc1N=O. The summed E-state index contributed by atoms with van der Waals surface area (Å²) < 4.78 is 26.1. The van der Waals surface area contributed by atoms with Crippen molar-refractivity contribution in [3.05, 3.63) is 29.2 Å². The van der Waals surface area contributed by atoms with E-state index in [2.05, 4.69) is 5.18 Å². The highest BCUT2D eigenvalue weighted by atomic mass is 32.2. The minimum absolute atomic E-state index is 0.0813. The Hall–Kier alpha value is -1.31. The lowest BCUT2D eigenvalue weighted by Gasteiger charge is -2.25. The minimum Gasteiger partial charge on any atom is -0.329 e. The van der Waals surface area contributed by atoms with Gasteiger partial charge in [-0.05, 0) is 31.2 Å². The Labute approximate surface area is 107 Å². The highest BCUT2D eigenvalue weighted by Crippen LogP contribution is 2.27. The molecule has 1 aromatic rings. The van der Waals surface area contributed by atoms with Crippen LogP contribution in [0.3, 0.4) is 0 Å². The van der Waals surface area contributed by atoms with Crippen LogP contribution in [0.1, 0.15) is 13.8 Å². The average Bonchev–Trinajstić information content (AvgIpc) is 2.35. The third-order valence-corrected chi connectivity index (χ3v) is 4.60. The van der Waals surface area contributed by atoms with Crippen LogP contribution in [-0.2, 0) is 10.0 Å². The molecule has 100 valence electrons. The molecule has 0 bridgehead atoms. The van der Waals surface area contributed by atoms with Gasteiger partial charge in [0.15, 0.2) is 0 Å². The van der Waals surface area contributed by atoms with Gasteiger partial charge in [0.25, 0.3) is 0 Å². The summed E-state index contributed by atoms with van der Waals surface area (Å²) in [6, 6.07) is 5.64. The normalized spacial score (nSPS) is 12.1. The van der Waals surface area contributed by atoms with Crippen LogP contribution in [0.4, 0.5) is 5.69 Å². The third-order valence-electron chi connectivity index (χ3n) is 2.48. The Morgan fingerprint density at radius 3 is 2.44 bits per heavy atom. The molecule has 0 amide bonds. The maximum absolute atomic E-state index is 12.4. The minimum atomic E-state index is -3.75. The fraction of sp³-hybridized carbons (Fsp3) is 0.455. The molecule has 0 radical (unpaired) electrons. The maximum atomic E-state index is 12.4. The van der Waals surface area contributed by atoms with Crippen LogP contribution >= 0.6 is 0 Å². The van der Waals surface area contributed by atoms with Gasteiger partial charge >= 0.3 is 0 Å². The van der Waals surface area contributed by atoms with E-state index in [4.69, 9.17) is 5.73 Å². The van der Waals surface area contributed by atoms with Crippen LogP contribution in [0.5, 0.6) is 0 Å². The summed E-state index contributed by atoms with van der Waals surface area (Å²) in [6.45, 7) is 3.93. The Morgan fingerprint density at radius 2 is 1.94 bits per heavy atom. The summed E-state index contributed by atoms with van der Waals surface area (Å²) in [5.41, 5.74) is 5.34. The monoisotopic (exact) mass is 271 g/mol. The Bertz CT molecular complexity index is 514. The number of hydrogen-bond donors (Lipinski definition) is 1. The smallest absolute Gasteiger partial charge is 0.245 e. The average molecular weight is 271 g/mol. The zero-order valence-electron chi connectivity index (χ0n) is 10.4. The van der Waals surface area contributed by atoms with Crippen LogP contribution in [0, 0.1) is 4.91 Å². The molecule has 0 aliphatic carbocycles. The molecule has 0 saturated carbocycles. The van der Waals surface area contributed by atoms with Gasteiger partial charge in [-0.2, -0.15) is 4.31 Å². The lowest BCUT2D eigenvalue weighted by Crippen LogP contribution is -2.40. The molecule has 2 N–H and O–H groups in total. The van der Waals surface area contributed by atoms with Gasteiger partial charge in [0.2, 0.25) is 10.0 Å². The molecule has 0 aliphatic rings. The fourth-order valence-corrected chi connectivity index (χ4v) is 3.43. The van der Waals surface area contributed by atoms with Crippen LogP contribution in [0.2, 0.25) is 0 Å². The van der Waals surface area contributed by atoms with Gasteiger partial charge in [0.05, 0.1) is 0 Å². The van der Waals surface area contributed by atoms with Crippen molar-refractivity contribution in [1.82, 2.24) is 4.31 Å². The second-order valence-electron chi connectivity index (χ2n) is 4.06. The lowest BCUT2D eigenvalue weighted by molar-refractivity contribution is 0.361. The quantitative estimate of drug-likeness (QED) is 0.792. The van der Waals surface area contributed by atoms with Crippen molar-refractivity contribution in [3.63, 3.8) is 0 Å². The van der Waals surface area contributed by atoms with E-state index in [9.17, 15) is 13.3 Å². The highest BCUT2D eigenvalue weighted by molar-refractivity contribution is 7.89. The van der Waals surface area contributed by atoms with Crippen molar-refractivity contribution in [3.8, 4) is 0 Å². The number of benzene rings is 1. The number of rotatable bonds is 6. The van der Waals surface area contributed by atoms with E-state index in [1.165, 1.54) is 16.4 Å². The molecule has 0 atom stereocenters. The summed E-state index contributed by atoms with van der Waals surface area (Å²) in [6.07, 6.45) is 0. The molecular weight excluding hydrogens is 254 g/mol. The van der Waals surface area contributed by atoms with Crippen molar-refractivity contribution in [2.24, 2.45) is 10.9 Å². The topological polar surface area (TPSA) is 92.8 Å². The van der Waals surface area contributed by atoms with E-state index in [1.807, 2.05) is 0 Å². The number of nitroso groups, excluding NO2 is 1. The van der Waals surface area contributed by atoms with Gasteiger partial charge in [-0.1, -0.05) is 12.1 Å². The zero-order chi connectivity index (χ0) is 13.8. The summed E-state index contributed by atoms with van der Waals surface area (Å²) in [5.74, 6) is 0. The van der Waals surface area contributed by atoms with Gasteiger partial charge in [0, 0.05) is 19.1 Å². The van der Waals surface area contributed by atoms with E-state index >= 15 is 0 Å². The van der Waals surface area contributed by atoms with E-state index in [-0.39, 0.29) is 29.7 Å². The molecular formula is C11H17N3O3S. The number of hydrogen-bond acceptors (Lipinski definition) is 5. The largest absolute Gasteiger partial charge is 0.329 e. The van der Waals surface area contributed by atoms with Crippen LogP contribution < -0.4 is 5.73 Å². The van der Waals surface area contributed by atoms with Crippen molar-refractivity contribution in [2.75, 3.05) is 13.1 Å². The van der Waals surface area contributed by atoms with Crippen molar-refractivity contribution in [1.29, 1.82) is 0 Å². The Morgan fingerprint density at radius 1 is 1.33 bits per heavy atom. The van der Waals surface area contributed by atoms with E-state index < -0.39 is 10.0 Å². The first kappa shape index (κ1) is 14.7. The van der Waals surface area contributed by atoms with E-state index in [0.717, 1.165) is 0 Å². The van der Waals surface area contributed by atoms with Gasteiger partial charge in [-0.3, -0.25) is 0 Å². The van der Waals surface area contributed by atoms with Crippen LogP contribution in [0.25, 0.3) is 0 Å². The summed E-state index contributed by atoms with van der Waals surface area (Å²) in [7, 11) is -3.75. The van der Waals surface area contributed by atoms with Crippen molar-refractivity contribution >= 4 is 15.7 Å². The van der Waals surface area contributed by atoms with Crippen LogP contribution in [0.15, 0.2) is 34.3 Å². The summed E-state index contributed by atoms with van der Waals surface area (Å²) >= 11 is 0. The van der Waals surface area contributed by atoms with Gasteiger partial charge in [0.1, 0.15) is 10.6 Å². The first-order valence-electron chi connectivity index (χ1n) is 5.59. The molecule has 0 spiro atoms. The number of nitrogens with zero attached hydrogens (tertiary/aromatic N) is 2. The Balaban J connectivity index is 3.30. The van der Waals surface area contributed by atoms with Gasteiger partial charge in [-0.15, -0.1) is 4.91 Å². The standard InChI is InChI=1S/C11H17N3O3S/c1-9(2)14(8-7-12)18(16,17)11-6-4-3-5-10(11)13-15/h3-6,9H,7-8,12H2,1-2H3. The third kappa shape index (κ3) is 2.92. The molecule has 1 rings (SSSR count). The van der Waals surface area contributed by atoms with Crippen molar-refractivity contribution in [2.45, 2.75) is 24.8 Å². The molecule has 0 saturated heterocycles. The molecule has 18 heavy (non-hydrogen) atoms. The summed E-state index contributed by atoms with van der Waals surface area (Å²) in [4.78, 5) is 10.6. The first-order valence-corrected chi connectivity index (χ1v) is 7.03. The predicted molar refractivity (Wildman–Crippen MR) is 70.0 cm³/mol. The molecule has 0 aromatic heterocycles. The lowest BCUT2D eigenvalue weighted by atomic mass is 10.3. The molecule has 0 fully saturated rings. The maximum Gasteiger partial charge on any atom is 0.245 e. The Kier molecular flexibility index (Phi) is 4.94. The van der Waals surface area contributed by atoms with Gasteiger partial charge < -0.3 is 5.73 Å². The molecule has 0 heterocycles. The second kappa shape index (κ2) is 6.03. The van der Waals surface area contributed by atoms with Crippen molar-refractivity contribution < 1.29 is 8.42 Å². The molecule has 0 aliphatic heterocycles. The van der Waals surface area contributed by atoms with Gasteiger partial charge in [-0.25, -0.2) is 8.42 Å². The highest BCUT2D eigenvalue weighted by Gasteiger charge is 2.28. The molecule has 7 heteroatoms. The first-order chi connectivity index (χ1) is 8.45. The molecule has 6 nitrogen and oxygen atoms in total. The van der Waals surface area contributed by atoms with E-state index in [1.54, 1.807) is 26.0 Å². The number of sulfonamides is 1. The summed E-state index contributed by atoms with van der Waals surface area (Å²) in [5, 5.41) is 2.75. The predicted octanol–water partition coefficient (Wildman–Crippen LogP) is 1.44. The second-order valence-corrected chi connectivity index (χ2v) is 5.92. The van der Waals surface area contributed by atoms with E-state index in [0.29, 0.717) is 0 Å². The molecule has 1 aromatic carbocycles.